The molecule has 3 aromatic rings. The number of rotatable bonds is 2. The molecule has 0 radical (unpaired) electrons. The zero-order chi connectivity index (χ0) is 13.9. The van der Waals surface area contributed by atoms with E-state index in [-0.39, 0.29) is 0 Å². The summed E-state index contributed by atoms with van der Waals surface area (Å²) in [5.74, 6) is 0.517. The van der Waals surface area contributed by atoms with Gasteiger partial charge in [0.05, 0.1) is 0 Å². The van der Waals surface area contributed by atoms with Gasteiger partial charge in [-0.3, -0.25) is 5.32 Å². The standard InChI is InChI=1S/C16H14N2O2/c1-11-4-2-3-5-14(11)18-16(19)20-13-6-7-15-12(10-13)8-9-17-15/h2-10,17H,1H3,(H,18,19). The number of hydrogen-bond acceptors (Lipinski definition) is 2. The fourth-order valence-electron chi connectivity index (χ4n) is 2.05. The summed E-state index contributed by atoms with van der Waals surface area (Å²) in [5, 5.41) is 3.74. The van der Waals surface area contributed by atoms with Crippen LogP contribution in [0.2, 0.25) is 0 Å². The van der Waals surface area contributed by atoms with Gasteiger partial charge in [0.15, 0.2) is 0 Å². The molecular formula is C16H14N2O2. The Morgan fingerprint density at radius 1 is 1.15 bits per heavy atom. The average molecular weight is 266 g/mol. The number of benzene rings is 2. The largest absolute Gasteiger partial charge is 0.417 e. The molecule has 1 heterocycles. The summed E-state index contributed by atoms with van der Waals surface area (Å²) in [6, 6.07) is 15.0. The topological polar surface area (TPSA) is 54.1 Å². The number of carbonyl (C=O) groups is 1. The average Bonchev–Trinajstić information content (AvgIpc) is 2.89. The van der Waals surface area contributed by atoms with E-state index in [1.165, 1.54) is 0 Å². The monoisotopic (exact) mass is 266 g/mol. The van der Waals surface area contributed by atoms with Crippen molar-refractivity contribution >= 4 is 22.7 Å². The molecule has 0 spiro atoms. The van der Waals surface area contributed by atoms with Crippen molar-refractivity contribution in [2.45, 2.75) is 6.92 Å². The van der Waals surface area contributed by atoms with Crippen LogP contribution in [0.4, 0.5) is 10.5 Å². The lowest BCUT2D eigenvalue weighted by Gasteiger charge is -2.08. The highest BCUT2D eigenvalue weighted by Crippen LogP contribution is 2.20. The first-order valence-electron chi connectivity index (χ1n) is 6.34. The van der Waals surface area contributed by atoms with E-state index in [1.807, 2.05) is 55.6 Å². The van der Waals surface area contributed by atoms with E-state index >= 15 is 0 Å². The molecule has 0 unspecified atom stereocenters. The van der Waals surface area contributed by atoms with Crippen LogP contribution in [0.1, 0.15) is 5.56 Å². The quantitative estimate of drug-likeness (QED) is 0.734. The van der Waals surface area contributed by atoms with E-state index in [0.29, 0.717) is 5.75 Å². The molecule has 0 saturated carbocycles. The van der Waals surface area contributed by atoms with Gasteiger partial charge in [0, 0.05) is 22.8 Å². The van der Waals surface area contributed by atoms with Gasteiger partial charge in [-0.05, 0) is 42.8 Å². The molecule has 1 aromatic heterocycles. The second-order valence-electron chi connectivity index (χ2n) is 4.56. The lowest BCUT2D eigenvalue weighted by atomic mass is 10.2. The third kappa shape index (κ3) is 2.49. The molecule has 2 aromatic carbocycles. The van der Waals surface area contributed by atoms with Gasteiger partial charge in [0.2, 0.25) is 0 Å². The van der Waals surface area contributed by atoms with Crippen LogP contribution >= 0.6 is 0 Å². The van der Waals surface area contributed by atoms with Gasteiger partial charge < -0.3 is 9.72 Å². The van der Waals surface area contributed by atoms with E-state index in [9.17, 15) is 4.79 Å². The maximum atomic E-state index is 11.9. The predicted molar refractivity (Wildman–Crippen MR) is 79.1 cm³/mol. The zero-order valence-electron chi connectivity index (χ0n) is 11.0. The van der Waals surface area contributed by atoms with E-state index in [4.69, 9.17) is 4.74 Å². The summed E-state index contributed by atoms with van der Waals surface area (Å²) in [6.07, 6.45) is 1.36. The number of anilines is 1. The van der Waals surface area contributed by atoms with Crippen molar-refractivity contribution in [2.75, 3.05) is 5.32 Å². The molecule has 0 aliphatic heterocycles. The molecule has 0 fully saturated rings. The number of H-pyrrole nitrogens is 1. The van der Waals surface area contributed by atoms with Crippen LogP contribution in [-0.2, 0) is 0 Å². The predicted octanol–water partition coefficient (Wildman–Crippen LogP) is 4.09. The van der Waals surface area contributed by atoms with E-state index < -0.39 is 6.09 Å². The Hall–Kier alpha value is -2.75. The SMILES string of the molecule is Cc1ccccc1NC(=O)Oc1ccc2[nH]ccc2c1. The van der Waals surface area contributed by atoms with Crippen molar-refractivity contribution in [1.82, 2.24) is 4.98 Å². The van der Waals surface area contributed by atoms with Crippen LogP contribution in [0, 0.1) is 6.92 Å². The van der Waals surface area contributed by atoms with Gasteiger partial charge in [-0.1, -0.05) is 18.2 Å². The number of aromatic nitrogens is 1. The minimum atomic E-state index is -0.491. The first kappa shape index (κ1) is 12.3. The third-order valence-corrected chi connectivity index (χ3v) is 3.12. The Morgan fingerprint density at radius 3 is 2.85 bits per heavy atom. The van der Waals surface area contributed by atoms with Crippen LogP contribution in [0.25, 0.3) is 10.9 Å². The summed E-state index contributed by atoms with van der Waals surface area (Å²) in [5.41, 5.74) is 2.75. The molecule has 1 amide bonds. The number of para-hydroxylation sites is 1. The van der Waals surface area contributed by atoms with E-state index in [0.717, 1.165) is 22.2 Å². The van der Waals surface area contributed by atoms with Crippen LogP contribution in [-0.4, -0.2) is 11.1 Å². The van der Waals surface area contributed by atoms with Crippen LogP contribution < -0.4 is 10.1 Å². The maximum absolute atomic E-state index is 11.9. The number of aromatic amines is 1. The summed E-state index contributed by atoms with van der Waals surface area (Å²) in [7, 11) is 0. The molecule has 0 aliphatic rings. The Balaban J connectivity index is 1.74. The second kappa shape index (κ2) is 5.09. The van der Waals surface area contributed by atoms with Crippen LogP contribution in [0.15, 0.2) is 54.7 Å². The lowest BCUT2D eigenvalue weighted by molar-refractivity contribution is 0.215. The number of nitrogens with one attached hydrogen (secondary N) is 2. The molecule has 0 aliphatic carbocycles. The Bertz CT molecular complexity index is 762. The molecule has 0 atom stereocenters. The van der Waals surface area contributed by atoms with Crippen molar-refractivity contribution in [3.8, 4) is 5.75 Å². The number of fused-ring (bicyclic) bond motifs is 1. The molecule has 4 heteroatoms. The number of aryl methyl sites for hydroxylation is 1. The van der Waals surface area contributed by atoms with E-state index in [2.05, 4.69) is 10.3 Å². The van der Waals surface area contributed by atoms with Gasteiger partial charge in [0.1, 0.15) is 5.75 Å². The Kier molecular flexibility index (Phi) is 3.13. The molecule has 3 rings (SSSR count). The smallest absolute Gasteiger partial charge is 0.410 e. The molecule has 4 nitrogen and oxygen atoms in total. The first-order valence-corrected chi connectivity index (χ1v) is 6.34. The van der Waals surface area contributed by atoms with Gasteiger partial charge in [-0.25, -0.2) is 4.79 Å². The number of carbonyl (C=O) groups excluding carboxylic acids is 1. The molecular weight excluding hydrogens is 252 g/mol. The summed E-state index contributed by atoms with van der Waals surface area (Å²) >= 11 is 0. The van der Waals surface area contributed by atoms with E-state index in [1.54, 1.807) is 6.07 Å². The minimum absolute atomic E-state index is 0.491. The second-order valence-corrected chi connectivity index (χ2v) is 4.56. The summed E-state index contributed by atoms with van der Waals surface area (Å²) in [4.78, 5) is 15.0. The van der Waals surface area contributed by atoms with Crippen molar-refractivity contribution in [3.05, 3.63) is 60.3 Å². The van der Waals surface area contributed by atoms with Crippen molar-refractivity contribution in [2.24, 2.45) is 0 Å². The molecule has 20 heavy (non-hydrogen) atoms. The highest BCUT2D eigenvalue weighted by molar-refractivity contribution is 5.88. The lowest BCUT2D eigenvalue weighted by Crippen LogP contribution is -2.17. The summed E-state index contributed by atoms with van der Waals surface area (Å²) < 4.78 is 5.29. The van der Waals surface area contributed by atoms with Gasteiger partial charge >= 0.3 is 6.09 Å². The van der Waals surface area contributed by atoms with Crippen molar-refractivity contribution in [3.63, 3.8) is 0 Å². The minimum Gasteiger partial charge on any atom is -0.410 e. The highest BCUT2D eigenvalue weighted by Gasteiger charge is 2.07. The van der Waals surface area contributed by atoms with Gasteiger partial charge in [0.25, 0.3) is 0 Å². The maximum Gasteiger partial charge on any atom is 0.417 e. The fourth-order valence-corrected chi connectivity index (χ4v) is 2.05. The number of amides is 1. The normalized spacial score (nSPS) is 10.4. The van der Waals surface area contributed by atoms with Crippen LogP contribution in [0.5, 0.6) is 5.75 Å². The fraction of sp³-hybridized carbons (Fsp3) is 0.0625. The number of ether oxygens (including phenoxy) is 1. The highest BCUT2D eigenvalue weighted by atomic mass is 16.6. The molecule has 2 N–H and O–H groups in total. The van der Waals surface area contributed by atoms with Crippen molar-refractivity contribution < 1.29 is 9.53 Å². The Morgan fingerprint density at radius 2 is 2.00 bits per heavy atom. The Labute approximate surface area is 116 Å². The molecule has 0 bridgehead atoms. The summed E-state index contributed by atoms with van der Waals surface area (Å²) in [6.45, 7) is 1.93. The zero-order valence-corrected chi connectivity index (χ0v) is 11.0. The van der Waals surface area contributed by atoms with Gasteiger partial charge in [-0.15, -0.1) is 0 Å². The third-order valence-electron chi connectivity index (χ3n) is 3.12. The van der Waals surface area contributed by atoms with Crippen LogP contribution in [0.3, 0.4) is 0 Å². The first-order chi connectivity index (χ1) is 9.72. The van der Waals surface area contributed by atoms with Gasteiger partial charge in [-0.2, -0.15) is 0 Å². The molecule has 100 valence electrons. The van der Waals surface area contributed by atoms with Crippen molar-refractivity contribution in [1.29, 1.82) is 0 Å². The number of hydrogen-bond donors (Lipinski definition) is 2. The molecule has 0 saturated heterocycles.